The van der Waals surface area contributed by atoms with E-state index in [0.29, 0.717) is 11.7 Å². The van der Waals surface area contributed by atoms with Crippen molar-refractivity contribution < 1.29 is 4.79 Å². The quantitative estimate of drug-likeness (QED) is 0.833. The van der Waals surface area contributed by atoms with Crippen LogP contribution in [0.25, 0.3) is 0 Å². The molecule has 1 fully saturated rings. The summed E-state index contributed by atoms with van der Waals surface area (Å²) in [6.07, 6.45) is 8.70. The average molecular weight is 307 g/mol. The van der Waals surface area contributed by atoms with Gasteiger partial charge in [0.15, 0.2) is 0 Å². The number of piperidine rings is 1. The highest BCUT2D eigenvalue weighted by Gasteiger charge is 2.12. The Morgan fingerprint density at radius 3 is 2.23 bits per heavy atom. The molecule has 0 aromatic carbocycles. The fourth-order valence-electron chi connectivity index (χ4n) is 2.48. The number of aryl methyl sites for hydroxylation is 1. The average Bonchev–Trinajstić information content (AvgIpc) is 2.93. The summed E-state index contributed by atoms with van der Waals surface area (Å²) in [6, 6.07) is 0. The van der Waals surface area contributed by atoms with E-state index in [9.17, 15) is 4.79 Å². The zero-order valence-electron chi connectivity index (χ0n) is 15.0. The molecule has 1 aromatic heterocycles. The first kappa shape index (κ1) is 18.9. The number of Topliss-reactive ketones (excluding diaryl/α,β-unsaturated/α-hetero) is 1. The number of ketones is 1. The number of carbonyl (C=O) groups excluding carboxylic acids is 1. The number of hydrogen-bond acceptors (Lipinski definition) is 3. The molecule has 0 amide bonds. The molecule has 22 heavy (non-hydrogen) atoms. The predicted molar refractivity (Wildman–Crippen MR) is 92.1 cm³/mol. The molecule has 2 rings (SSSR count). The molecular weight excluding hydrogens is 274 g/mol. The zero-order valence-corrected chi connectivity index (χ0v) is 15.0. The minimum Gasteiger partial charge on any atom is -0.303 e. The molecule has 0 saturated carbocycles. The van der Waals surface area contributed by atoms with Crippen LogP contribution >= 0.6 is 0 Å². The van der Waals surface area contributed by atoms with Gasteiger partial charge in [0.2, 0.25) is 0 Å². The summed E-state index contributed by atoms with van der Waals surface area (Å²) in [4.78, 5) is 13.8. The molecule has 0 N–H and O–H groups in total. The molecule has 4 nitrogen and oxygen atoms in total. The van der Waals surface area contributed by atoms with E-state index in [2.05, 4.69) is 23.8 Å². The number of rotatable bonds is 5. The summed E-state index contributed by atoms with van der Waals surface area (Å²) < 4.78 is 1.83. The van der Waals surface area contributed by atoms with Crippen LogP contribution in [0.4, 0.5) is 0 Å². The Kier molecular flexibility index (Phi) is 8.39. The molecule has 126 valence electrons. The molecule has 1 saturated heterocycles. The third-order valence-electron chi connectivity index (χ3n) is 4.16. The zero-order chi connectivity index (χ0) is 16.5. The number of aromatic nitrogens is 2. The maximum atomic E-state index is 11.4. The topological polar surface area (TPSA) is 38.1 Å². The molecule has 0 spiro atoms. The summed E-state index contributed by atoms with van der Waals surface area (Å²) in [6.45, 7) is 11.7. The monoisotopic (exact) mass is 307 g/mol. The van der Waals surface area contributed by atoms with Crippen molar-refractivity contribution in [3.05, 3.63) is 18.0 Å². The molecule has 1 aromatic rings. The van der Waals surface area contributed by atoms with Crippen LogP contribution in [0.3, 0.4) is 0 Å². The number of carbonyl (C=O) groups is 1. The first-order valence-electron chi connectivity index (χ1n) is 8.63. The van der Waals surface area contributed by atoms with Gasteiger partial charge in [0.1, 0.15) is 5.78 Å². The second-order valence-electron chi connectivity index (χ2n) is 6.88. The van der Waals surface area contributed by atoms with E-state index < -0.39 is 0 Å². The van der Waals surface area contributed by atoms with Crippen LogP contribution in [0.2, 0.25) is 0 Å². The van der Waals surface area contributed by atoms with Gasteiger partial charge in [-0.05, 0) is 37.4 Å². The van der Waals surface area contributed by atoms with Crippen LogP contribution in [-0.2, 0) is 11.8 Å². The fourth-order valence-corrected chi connectivity index (χ4v) is 2.48. The van der Waals surface area contributed by atoms with E-state index in [1.165, 1.54) is 37.9 Å². The minimum absolute atomic E-state index is 0.213. The van der Waals surface area contributed by atoms with Crippen LogP contribution in [-0.4, -0.2) is 40.1 Å². The number of likely N-dealkylation sites (tertiary alicyclic amines) is 1. The molecule has 0 radical (unpaired) electrons. The van der Waals surface area contributed by atoms with Gasteiger partial charge in [-0.2, -0.15) is 5.10 Å². The van der Waals surface area contributed by atoms with Gasteiger partial charge in [0.05, 0.1) is 6.20 Å². The number of nitrogens with zero attached hydrogens (tertiary/aromatic N) is 3. The van der Waals surface area contributed by atoms with Gasteiger partial charge in [-0.15, -0.1) is 0 Å². The summed E-state index contributed by atoms with van der Waals surface area (Å²) >= 11 is 0. The van der Waals surface area contributed by atoms with Crippen LogP contribution in [0.1, 0.15) is 64.9 Å². The Labute approximate surface area is 135 Å². The van der Waals surface area contributed by atoms with Crippen LogP contribution in [0, 0.1) is 5.92 Å². The third-order valence-corrected chi connectivity index (χ3v) is 4.16. The largest absolute Gasteiger partial charge is 0.303 e. The lowest BCUT2D eigenvalue weighted by Gasteiger charge is -2.26. The SMILES string of the molecule is CC(C)C(=O)CCN1CCCCC1.CC(C)c1cnn(C)c1. The van der Waals surface area contributed by atoms with Crippen molar-refractivity contribution in [2.45, 2.75) is 59.3 Å². The Morgan fingerprint density at radius 2 is 1.82 bits per heavy atom. The second kappa shape index (κ2) is 9.78. The van der Waals surface area contributed by atoms with Crippen LogP contribution in [0.15, 0.2) is 12.4 Å². The van der Waals surface area contributed by atoms with E-state index in [1.807, 2.05) is 38.0 Å². The lowest BCUT2D eigenvalue weighted by Crippen LogP contribution is -2.32. The molecule has 0 unspecified atom stereocenters. The lowest BCUT2D eigenvalue weighted by atomic mass is 10.1. The van der Waals surface area contributed by atoms with Gasteiger partial charge in [0, 0.05) is 32.1 Å². The Morgan fingerprint density at radius 1 is 1.18 bits per heavy atom. The molecule has 1 aliphatic rings. The van der Waals surface area contributed by atoms with E-state index in [0.717, 1.165) is 13.0 Å². The van der Waals surface area contributed by atoms with Gasteiger partial charge >= 0.3 is 0 Å². The normalized spacial score (nSPS) is 15.8. The molecule has 2 heterocycles. The summed E-state index contributed by atoms with van der Waals surface area (Å²) in [5.74, 6) is 1.22. The highest BCUT2D eigenvalue weighted by Crippen LogP contribution is 2.11. The van der Waals surface area contributed by atoms with Crippen molar-refractivity contribution >= 4 is 5.78 Å². The molecular formula is C18H33N3O. The predicted octanol–water partition coefficient (Wildman–Crippen LogP) is 3.63. The van der Waals surface area contributed by atoms with E-state index >= 15 is 0 Å². The standard InChI is InChI=1S/C11H21NO.C7H12N2/c1-10(2)11(13)6-9-12-7-4-3-5-8-12;1-6(2)7-4-8-9(3)5-7/h10H,3-9H2,1-2H3;4-6H,1-3H3. The molecule has 0 bridgehead atoms. The van der Waals surface area contributed by atoms with Crippen molar-refractivity contribution in [3.8, 4) is 0 Å². The van der Waals surface area contributed by atoms with Crippen molar-refractivity contribution in [3.63, 3.8) is 0 Å². The summed E-state index contributed by atoms with van der Waals surface area (Å²) in [5.41, 5.74) is 1.30. The van der Waals surface area contributed by atoms with Gasteiger partial charge in [-0.25, -0.2) is 0 Å². The molecule has 4 heteroatoms. The summed E-state index contributed by atoms with van der Waals surface area (Å²) in [5, 5.41) is 4.05. The number of hydrogen-bond donors (Lipinski definition) is 0. The first-order chi connectivity index (χ1) is 10.4. The lowest BCUT2D eigenvalue weighted by molar-refractivity contribution is -0.122. The fraction of sp³-hybridized carbons (Fsp3) is 0.778. The van der Waals surface area contributed by atoms with Crippen LogP contribution in [0.5, 0.6) is 0 Å². The Hall–Kier alpha value is -1.16. The maximum Gasteiger partial charge on any atom is 0.136 e. The third kappa shape index (κ3) is 7.21. The van der Waals surface area contributed by atoms with Crippen molar-refractivity contribution in [2.75, 3.05) is 19.6 Å². The summed E-state index contributed by atoms with van der Waals surface area (Å²) in [7, 11) is 1.94. The smallest absolute Gasteiger partial charge is 0.136 e. The van der Waals surface area contributed by atoms with E-state index in [1.54, 1.807) is 0 Å². The highest BCUT2D eigenvalue weighted by atomic mass is 16.1. The van der Waals surface area contributed by atoms with Crippen LogP contribution < -0.4 is 0 Å². The van der Waals surface area contributed by atoms with Gasteiger partial charge < -0.3 is 4.90 Å². The van der Waals surface area contributed by atoms with Crippen molar-refractivity contribution in [1.29, 1.82) is 0 Å². The maximum absolute atomic E-state index is 11.4. The van der Waals surface area contributed by atoms with Gasteiger partial charge in [0.25, 0.3) is 0 Å². The van der Waals surface area contributed by atoms with E-state index in [4.69, 9.17) is 0 Å². The Bertz CT molecular complexity index is 431. The highest BCUT2D eigenvalue weighted by molar-refractivity contribution is 5.80. The van der Waals surface area contributed by atoms with Gasteiger partial charge in [-0.3, -0.25) is 9.48 Å². The molecule has 0 atom stereocenters. The Balaban J connectivity index is 0.000000235. The van der Waals surface area contributed by atoms with Gasteiger partial charge in [-0.1, -0.05) is 34.1 Å². The minimum atomic E-state index is 0.213. The van der Waals surface area contributed by atoms with Crippen molar-refractivity contribution in [2.24, 2.45) is 13.0 Å². The first-order valence-corrected chi connectivity index (χ1v) is 8.63. The second-order valence-corrected chi connectivity index (χ2v) is 6.88. The molecule has 0 aliphatic carbocycles. The van der Waals surface area contributed by atoms with E-state index in [-0.39, 0.29) is 5.92 Å². The molecule has 1 aliphatic heterocycles. The van der Waals surface area contributed by atoms with Crippen molar-refractivity contribution in [1.82, 2.24) is 14.7 Å².